The lowest BCUT2D eigenvalue weighted by Crippen LogP contribution is -2.54. The van der Waals surface area contributed by atoms with E-state index in [-0.39, 0.29) is 41.6 Å². The van der Waals surface area contributed by atoms with Crippen molar-refractivity contribution in [3.63, 3.8) is 0 Å². The molecule has 0 aliphatic rings. The third-order valence-corrected chi connectivity index (χ3v) is 11.3. The van der Waals surface area contributed by atoms with Crippen molar-refractivity contribution in [3.8, 4) is 5.75 Å². The molecule has 0 saturated heterocycles. The summed E-state index contributed by atoms with van der Waals surface area (Å²) in [6.07, 6.45) is -1.22. The Labute approximate surface area is 367 Å². The summed E-state index contributed by atoms with van der Waals surface area (Å²) in [6.45, 7) is 6.94. The van der Waals surface area contributed by atoms with Gasteiger partial charge in [-0.1, -0.05) is 87.9 Å². The van der Waals surface area contributed by atoms with Crippen LogP contribution in [0, 0.1) is 17.6 Å². The lowest BCUT2D eigenvalue weighted by Gasteiger charge is -2.29. The molecule has 5 atom stereocenters. The van der Waals surface area contributed by atoms with Crippen molar-refractivity contribution in [2.24, 2.45) is 5.92 Å². The fourth-order valence-electron chi connectivity index (χ4n) is 6.33. The first-order valence-corrected chi connectivity index (χ1v) is 22.5. The minimum absolute atomic E-state index is 0.0279. The molecule has 4 aromatic carbocycles. The molecule has 4 aromatic rings. The smallest absolute Gasteiger partial charge is 0.251 e. The number of unbranched alkanes of at least 4 members (excludes halogenated alkanes) is 1. The molecule has 17 heteroatoms. The highest BCUT2D eigenvalue weighted by atomic mass is 32.2. The second-order valence-corrected chi connectivity index (χ2v) is 17.6. The summed E-state index contributed by atoms with van der Waals surface area (Å²) >= 11 is 0. The second-order valence-electron chi connectivity index (χ2n) is 15.6. The van der Waals surface area contributed by atoms with Gasteiger partial charge < -0.3 is 35.8 Å². The van der Waals surface area contributed by atoms with Gasteiger partial charge in [0.25, 0.3) is 11.8 Å². The number of aliphatic hydroxyl groups excluding tert-OH is 1. The predicted octanol–water partition coefficient (Wildman–Crippen LogP) is 5.42. The largest absolute Gasteiger partial charge is 0.491 e. The zero-order valence-corrected chi connectivity index (χ0v) is 37.1. The van der Waals surface area contributed by atoms with Crippen LogP contribution in [0.2, 0.25) is 0 Å². The van der Waals surface area contributed by atoms with E-state index in [1.165, 1.54) is 25.2 Å². The molecule has 0 spiro atoms. The molecule has 0 aliphatic heterocycles. The number of anilines is 1. The Morgan fingerprint density at radius 2 is 1.38 bits per heavy atom. The highest BCUT2D eigenvalue weighted by Gasteiger charge is 2.33. The summed E-state index contributed by atoms with van der Waals surface area (Å²) in [7, 11) is -2.64. The Hall–Kier alpha value is -5.91. The maximum Gasteiger partial charge on any atom is 0.251 e. The van der Waals surface area contributed by atoms with Gasteiger partial charge in [0.05, 0.1) is 30.1 Å². The molecule has 0 saturated carbocycles. The van der Waals surface area contributed by atoms with Gasteiger partial charge in [-0.25, -0.2) is 17.2 Å². The van der Waals surface area contributed by atoms with Crippen LogP contribution in [0.4, 0.5) is 14.5 Å². The number of hydrogen-bond donors (Lipinski definition) is 5. The topological polar surface area (TPSA) is 192 Å². The number of carbonyl (C=O) groups is 4. The molecular weight excluding hydrogens is 837 g/mol. The van der Waals surface area contributed by atoms with Gasteiger partial charge >= 0.3 is 0 Å². The van der Waals surface area contributed by atoms with Crippen molar-refractivity contribution in [2.45, 2.75) is 83.8 Å². The predicted molar refractivity (Wildman–Crippen MR) is 235 cm³/mol. The summed E-state index contributed by atoms with van der Waals surface area (Å²) in [5.41, 5.74) is 1.36. The quantitative estimate of drug-likeness (QED) is 0.0605. The SMILES string of the molecule is CCCCO[C@H](C[C@H](O)[C@H](COc1cc(F)cc(F)c1)NC(=O)c1cc(C(=O)N[C@H](C)c2ccccc2)cc(N(C)S(C)(=O)=O)c1)C(=O)N[C@H](C(=O)NCc1ccccc1)C(C)C. The number of halogens is 2. The fourth-order valence-corrected chi connectivity index (χ4v) is 6.82. The maximum atomic E-state index is 14.2. The van der Waals surface area contributed by atoms with Gasteiger partial charge in [0.2, 0.25) is 21.8 Å². The van der Waals surface area contributed by atoms with Gasteiger partial charge in [-0.15, -0.1) is 0 Å². The molecule has 4 amide bonds. The first-order valence-electron chi connectivity index (χ1n) is 20.6. The summed E-state index contributed by atoms with van der Waals surface area (Å²) in [6, 6.07) is 21.7. The Balaban J connectivity index is 1.64. The van der Waals surface area contributed by atoms with E-state index < -0.39 is 88.6 Å². The van der Waals surface area contributed by atoms with Gasteiger partial charge in [-0.3, -0.25) is 23.5 Å². The van der Waals surface area contributed by atoms with Gasteiger partial charge in [-0.2, -0.15) is 0 Å². The van der Waals surface area contributed by atoms with E-state index >= 15 is 0 Å². The average molecular weight is 894 g/mol. The Morgan fingerprint density at radius 1 is 0.794 bits per heavy atom. The molecule has 5 N–H and O–H groups in total. The van der Waals surface area contributed by atoms with E-state index in [9.17, 15) is 41.5 Å². The number of nitrogens with one attached hydrogen (secondary N) is 4. The zero-order chi connectivity index (χ0) is 46.3. The first kappa shape index (κ1) is 49.7. The van der Waals surface area contributed by atoms with E-state index in [1.807, 2.05) is 67.6 Å². The van der Waals surface area contributed by atoms with Crippen molar-refractivity contribution in [3.05, 3.63) is 131 Å². The minimum Gasteiger partial charge on any atom is -0.491 e. The average Bonchev–Trinajstić information content (AvgIpc) is 3.24. The van der Waals surface area contributed by atoms with Gasteiger partial charge in [0.1, 0.15) is 36.1 Å². The van der Waals surface area contributed by atoms with Crippen molar-refractivity contribution < 1.29 is 51.0 Å². The van der Waals surface area contributed by atoms with Crippen molar-refractivity contribution in [1.29, 1.82) is 0 Å². The summed E-state index contributed by atoms with van der Waals surface area (Å²) in [5, 5.41) is 22.9. The van der Waals surface area contributed by atoms with Gasteiger partial charge in [0, 0.05) is 55.9 Å². The number of ether oxygens (including phenoxy) is 2. The number of amides is 4. The molecule has 0 unspecified atom stereocenters. The molecule has 4 rings (SSSR count). The van der Waals surface area contributed by atoms with E-state index in [1.54, 1.807) is 20.8 Å². The van der Waals surface area contributed by atoms with Crippen LogP contribution in [0.3, 0.4) is 0 Å². The zero-order valence-electron chi connectivity index (χ0n) is 36.3. The van der Waals surface area contributed by atoms with Crippen LogP contribution in [0.25, 0.3) is 0 Å². The molecule has 63 heavy (non-hydrogen) atoms. The standard InChI is InChI=1S/C46H57F2N5O9S/c1-7-8-19-61-41(45(57)52-42(29(2)3)46(58)49-27-31-15-11-9-12-16-31)26-40(54)39(28-62-38-24-35(47)23-36(48)25-38)51-44(56)34-20-33(21-37(22-34)53(5)63(6,59)60)43(55)50-30(4)32-17-13-10-14-18-32/h9-18,20-25,29-30,39-42,54H,7-8,19,26-28H2,1-6H3,(H,49,58)(H,50,55)(H,51,56)(H,52,57)/t30-,39+,40+,41-,42+/m1/s1. The molecule has 14 nitrogen and oxygen atoms in total. The molecular formula is C46H57F2N5O9S. The highest BCUT2D eigenvalue weighted by Crippen LogP contribution is 2.23. The van der Waals surface area contributed by atoms with E-state index in [0.29, 0.717) is 18.9 Å². The third-order valence-electron chi connectivity index (χ3n) is 10.1. The van der Waals surface area contributed by atoms with Crippen LogP contribution in [-0.2, 0) is 30.9 Å². The summed E-state index contributed by atoms with van der Waals surface area (Å²) < 4.78 is 66.1. The van der Waals surface area contributed by atoms with E-state index in [4.69, 9.17) is 9.47 Å². The monoisotopic (exact) mass is 893 g/mol. The van der Waals surface area contributed by atoms with Crippen molar-refractivity contribution in [2.75, 3.05) is 30.8 Å². The van der Waals surface area contributed by atoms with E-state index in [0.717, 1.165) is 33.8 Å². The molecule has 340 valence electrons. The maximum absolute atomic E-state index is 14.2. The second kappa shape index (κ2) is 23.5. The summed E-state index contributed by atoms with van der Waals surface area (Å²) in [5.74, 6) is -5.19. The number of rotatable bonds is 23. The van der Waals surface area contributed by atoms with Crippen LogP contribution in [0.15, 0.2) is 97.1 Å². The lowest BCUT2D eigenvalue weighted by molar-refractivity contribution is -0.139. The van der Waals surface area contributed by atoms with Gasteiger partial charge in [-0.05, 0) is 48.6 Å². The molecule has 0 fully saturated rings. The number of carbonyl (C=O) groups excluding carboxylic acids is 4. The van der Waals surface area contributed by atoms with Crippen molar-refractivity contribution in [1.82, 2.24) is 21.3 Å². The minimum atomic E-state index is -3.89. The molecule has 0 heterocycles. The number of sulfonamides is 1. The lowest BCUT2D eigenvalue weighted by atomic mass is 10.00. The first-order chi connectivity index (χ1) is 29.9. The van der Waals surface area contributed by atoms with Crippen LogP contribution in [0.5, 0.6) is 5.75 Å². The number of nitrogens with zero attached hydrogens (tertiary/aromatic N) is 1. The Kier molecular flexibility index (Phi) is 18.6. The molecule has 0 aromatic heterocycles. The van der Waals surface area contributed by atoms with Gasteiger partial charge in [0.15, 0.2) is 0 Å². The molecule has 0 aliphatic carbocycles. The molecule has 0 bridgehead atoms. The van der Waals surface area contributed by atoms with Crippen molar-refractivity contribution >= 4 is 39.3 Å². The number of hydrogen-bond acceptors (Lipinski definition) is 9. The Bertz CT molecular complexity index is 2250. The number of aliphatic hydroxyl groups is 1. The normalized spacial score (nSPS) is 13.8. The van der Waals surface area contributed by atoms with Crippen LogP contribution >= 0.6 is 0 Å². The Morgan fingerprint density at radius 3 is 1.95 bits per heavy atom. The third kappa shape index (κ3) is 15.4. The summed E-state index contributed by atoms with van der Waals surface area (Å²) in [4.78, 5) is 55.0. The van der Waals surface area contributed by atoms with Crippen LogP contribution in [0.1, 0.15) is 84.8 Å². The molecule has 0 radical (unpaired) electrons. The van der Waals surface area contributed by atoms with Crippen LogP contribution < -0.4 is 30.3 Å². The van der Waals surface area contributed by atoms with Crippen LogP contribution in [-0.4, -0.2) is 88.0 Å². The highest BCUT2D eigenvalue weighted by molar-refractivity contribution is 7.92. The fraction of sp³-hybridized carbons (Fsp3) is 0.391. The number of benzene rings is 4. The van der Waals surface area contributed by atoms with E-state index in [2.05, 4.69) is 21.3 Å².